The summed E-state index contributed by atoms with van der Waals surface area (Å²) in [6.07, 6.45) is 1.08. The minimum atomic E-state index is -0.115. The lowest BCUT2D eigenvalue weighted by molar-refractivity contribution is -0.113. The largest absolute Gasteiger partial charge is 0.454 e. The Morgan fingerprint density at radius 2 is 2.03 bits per heavy atom. The first kappa shape index (κ1) is 19.4. The summed E-state index contributed by atoms with van der Waals surface area (Å²) in [5, 5.41) is 2.88. The van der Waals surface area contributed by atoms with E-state index in [1.807, 2.05) is 16.7 Å². The van der Waals surface area contributed by atoms with Crippen LogP contribution in [0.15, 0.2) is 41.2 Å². The number of fused-ring (bicyclic) bond motifs is 5. The molecule has 1 saturated heterocycles. The maximum atomic E-state index is 12.4. The highest BCUT2D eigenvalue weighted by molar-refractivity contribution is 8.23. The van der Waals surface area contributed by atoms with E-state index in [-0.39, 0.29) is 24.0 Å². The number of thiocarbonyl (C=S) groups is 1. The van der Waals surface area contributed by atoms with Crippen LogP contribution in [-0.2, 0) is 11.3 Å². The lowest BCUT2D eigenvalue weighted by atomic mass is 9.83. The summed E-state index contributed by atoms with van der Waals surface area (Å²) in [5.74, 6) is 2.15. The Balaban J connectivity index is 1.17. The number of aromatic nitrogens is 1. The molecule has 9 heteroatoms. The second-order valence-electron chi connectivity index (χ2n) is 7.77. The quantitative estimate of drug-likeness (QED) is 0.731. The SMILES string of the molecule is O=C(CSC(=S)N1C[C@H]2C[C@@H](C1)c1cccc(=O)n1C2)Nc1ccc2c(c1)OCO2. The standard InChI is InChI=1S/C21H21N3O4S2/c25-19(22-15-4-5-17-18(7-15)28-12-27-17)11-30-21(29)23-8-13-6-14(10-23)16-2-1-3-20(26)24(16)9-13/h1-5,7,13-14H,6,8-12H2,(H,22,25)/t13-,14+/m1/s1. The van der Waals surface area contributed by atoms with Crippen LogP contribution in [0.4, 0.5) is 5.69 Å². The highest BCUT2D eigenvalue weighted by Gasteiger charge is 2.35. The zero-order chi connectivity index (χ0) is 20.7. The molecular formula is C21H21N3O4S2. The van der Waals surface area contributed by atoms with Crippen molar-refractivity contribution >= 4 is 39.9 Å². The number of thioether (sulfide) groups is 1. The molecule has 3 aliphatic heterocycles. The zero-order valence-corrected chi connectivity index (χ0v) is 17.8. The van der Waals surface area contributed by atoms with Gasteiger partial charge in [0.1, 0.15) is 4.32 Å². The van der Waals surface area contributed by atoms with Gasteiger partial charge in [-0.25, -0.2) is 0 Å². The number of piperidine rings is 1. The molecule has 0 radical (unpaired) electrons. The predicted octanol–water partition coefficient (Wildman–Crippen LogP) is 2.65. The summed E-state index contributed by atoms with van der Waals surface area (Å²) < 4.78 is 13.3. The molecule has 5 rings (SSSR count). The molecule has 1 fully saturated rings. The molecule has 0 spiro atoms. The Hall–Kier alpha value is -2.52. The third-order valence-electron chi connectivity index (χ3n) is 5.72. The van der Waals surface area contributed by atoms with E-state index in [9.17, 15) is 9.59 Å². The van der Waals surface area contributed by atoms with E-state index in [0.29, 0.717) is 29.0 Å². The molecule has 1 N–H and O–H groups in total. The van der Waals surface area contributed by atoms with Crippen molar-refractivity contribution in [3.05, 3.63) is 52.4 Å². The number of ether oxygens (including phenoxy) is 2. The predicted molar refractivity (Wildman–Crippen MR) is 119 cm³/mol. The van der Waals surface area contributed by atoms with Gasteiger partial charge < -0.3 is 24.3 Å². The topological polar surface area (TPSA) is 72.8 Å². The summed E-state index contributed by atoms with van der Waals surface area (Å²) in [6, 6.07) is 10.8. The maximum absolute atomic E-state index is 12.4. The van der Waals surface area contributed by atoms with Gasteiger partial charge in [-0.05, 0) is 30.5 Å². The van der Waals surface area contributed by atoms with Crippen molar-refractivity contribution in [2.75, 3.05) is 31.0 Å². The number of pyridine rings is 1. The first-order valence-electron chi connectivity index (χ1n) is 9.88. The van der Waals surface area contributed by atoms with E-state index in [2.05, 4.69) is 10.2 Å². The molecule has 2 aromatic rings. The average Bonchev–Trinajstić information content (AvgIpc) is 3.20. The van der Waals surface area contributed by atoms with E-state index < -0.39 is 0 Å². The van der Waals surface area contributed by atoms with Gasteiger partial charge in [0.05, 0.1) is 5.75 Å². The molecule has 0 aliphatic carbocycles. The first-order chi connectivity index (χ1) is 14.6. The summed E-state index contributed by atoms with van der Waals surface area (Å²) in [5.41, 5.74) is 1.84. The molecule has 30 heavy (non-hydrogen) atoms. The zero-order valence-electron chi connectivity index (χ0n) is 16.2. The number of rotatable bonds is 3. The van der Waals surface area contributed by atoms with Crippen molar-refractivity contribution in [3.63, 3.8) is 0 Å². The Kier molecular flexibility index (Phi) is 5.16. The van der Waals surface area contributed by atoms with Crippen LogP contribution in [0, 0.1) is 5.92 Å². The smallest absolute Gasteiger partial charge is 0.250 e. The number of benzene rings is 1. The van der Waals surface area contributed by atoms with Gasteiger partial charge >= 0.3 is 0 Å². The Morgan fingerprint density at radius 1 is 1.17 bits per heavy atom. The molecule has 156 valence electrons. The second kappa shape index (κ2) is 7.96. The van der Waals surface area contributed by atoms with Crippen LogP contribution in [0.25, 0.3) is 0 Å². The number of hydrogen-bond acceptors (Lipinski definition) is 6. The monoisotopic (exact) mass is 443 g/mol. The first-order valence-corrected chi connectivity index (χ1v) is 11.3. The van der Waals surface area contributed by atoms with Gasteiger partial charge in [0.15, 0.2) is 11.5 Å². The lowest BCUT2D eigenvalue weighted by Crippen LogP contribution is -2.48. The number of likely N-dealkylation sites (tertiary alicyclic amines) is 1. The van der Waals surface area contributed by atoms with Crippen LogP contribution in [0.5, 0.6) is 11.5 Å². The van der Waals surface area contributed by atoms with Crippen molar-refractivity contribution < 1.29 is 14.3 Å². The highest BCUT2D eigenvalue weighted by atomic mass is 32.2. The average molecular weight is 444 g/mol. The second-order valence-corrected chi connectivity index (χ2v) is 9.38. The minimum Gasteiger partial charge on any atom is -0.454 e. The summed E-state index contributed by atoms with van der Waals surface area (Å²) in [4.78, 5) is 26.7. The van der Waals surface area contributed by atoms with Gasteiger partial charge in [-0.3, -0.25) is 9.59 Å². The van der Waals surface area contributed by atoms with Crippen molar-refractivity contribution in [1.29, 1.82) is 0 Å². The van der Waals surface area contributed by atoms with Crippen LogP contribution < -0.4 is 20.3 Å². The van der Waals surface area contributed by atoms with Crippen molar-refractivity contribution in [3.8, 4) is 11.5 Å². The third kappa shape index (κ3) is 3.79. The molecule has 0 saturated carbocycles. The molecular weight excluding hydrogens is 422 g/mol. The van der Waals surface area contributed by atoms with Gasteiger partial charge in [-0.2, -0.15) is 0 Å². The lowest BCUT2D eigenvalue weighted by Gasteiger charge is -2.43. The van der Waals surface area contributed by atoms with Crippen LogP contribution >= 0.6 is 24.0 Å². The molecule has 7 nitrogen and oxygen atoms in total. The molecule has 1 aromatic heterocycles. The number of hydrogen-bond donors (Lipinski definition) is 1. The van der Waals surface area contributed by atoms with Crippen LogP contribution in [0.2, 0.25) is 0 Å². The number of anilines is 1. The van der Waals surface area contributed by atoms with Crippen LogP contribution in [0.1, 0.15) is 18.0 Å². The van der Waals surface area contributed by atoms with Gasteiger partial charge in [-0.15, -0.1) is 0 Å². The van der Waals surface area contributed by atoms with E-state index in [4.69, 9.17) is 21.7 Å². The van der Waals surface area contributed by atoms with E-state index >= 15 is 0 Å². The summed E-state index contributed by atoms with van der Waals surface area (Å²) >= 11 is 7.01. The number of carbonyl (C=O) groups excluding carboxylic acids is 1. The van der Waals surface area contributed by atoms with Crippen LogP contribution in [0.3, 0.4) is 0 Å². The molecule has 2 bridgehead atoms. The van der Waals surface area contributed by atoms with E-state index in [1.165, 1.54) is 11.8 Å². The number of nitrogens with zero attached hydrogens (tertiary/aromatic N) is 2. The number of nitrogens with one attached hydrogen (secondary N) is 1. The van der Waals surface area contributed by atoms with Gasteiger partial charge in [0.2, 0.25) is 12.7 Å². The summed E-state index contributed by atoms with van der Waals surface area (Å²) in [6.45, 7) is 2.55. The minimum absolute atomic E-state index is 0.0767. The number of carbonyl (C=O) groups is 1. The number of amides is 1. The molecule has 0 unspecified atom stereocenters. The normalized spacial score (nSPS) is 21.1. The highest BCUT2D eigenvalue weighted by Crippen LogP contribution is 2.36. The molecule has 1 aromatic carbocycles. The maximum Gasteiger partial charge on any atom is 0.250 e. The van der Waals surface area contributed by atoms with Crippen molar-refractivity contribution in [2.24, 2.45) is 5.92 Å². The fourth-order valence-corrected chi connectivity index (χ4v) is 5.42. The van der Waals surface area contributed by atoms with E-state index in [0.717, 1.165) is 36.1 Å². The summed E-state index contributed by atoms with van der Waals surface area (Å²) in [7, 11) is 0. The Labute approximate surface area is 183 Å². The Morgan fingerprint density at radius 3 is 2.93 bits per heavy atom. The molecule has 4 heterocycles. The molecule has 3 aliphatic rings. The van der Waals surface area contributed by atoms with Gasteiger partial charge in [0.25, 0.3) is 5.56 Å². The fraction of sp³-hybridized carbons (Fsp3) is 0.381. The molecule has 2 atom stereocenters. The third-order valence-corrected chi connectivity index (χ3v) is 7.24. The Bertz CT molecular complexity index is 1070. The van der Waals surface area contributed by atoms with Gasteiger partial charge in [0, 0.05) is 49.1 Å². The fourth-order valence-electron chi connectivity index (χ4n) is 4.44. The van der Waals surface area contributed by atoms with E-state index in [1.54, 1.807) is 24.3 Å². The van der Waals surface area contributed by atoms with Crippen LogP contribution in [-0.4, -0.2) is 45.3 Å². The van der Waals surface area contributed by atoms with Crippen molar-refractivity contribution in [2.45, 2.75) is 18.9 Å². The molecule has 1 amide bonds. The van der Waals surface area contributed by atoms with Gasteiger partial charge in [-0.1, -0.05) is 30.0 Å². The van der Waals surface area contributed by atoms with Crippen molar-refractivity contribution in [1.82, 2.24) is 9.47 Å².